The number of rotatable bonds is 5. The van der Waals surface area contributed by atoms with Crippen LogP contribution in [0.2, 0.25) is 5.02 Å². The van der Waals surface area contributed by atoms with Crippen LogP contribution in [0, 0.1) is 0 Å². The molecule has 3 aromatic rings. The van der Waals surface area contributed by atoms with Gasteiger partial charge < -0.3 is 15.0 Å². The van der Waals surface area contributed by atoms with Gasteiger partial charge in [0.05, 0.1) is 19.2 Å². The first kappa shape index (κ1) is 17.0. The van der Waals surface area contributed by atoms with Gasteiger partial charge in [0.2, 0.25) is 5.91 Å². The maximum atomic E-state index is 12.3. The molecule has 0 radical (unpaired) electrons. The zero-order chi connectivity index (χ0) is 17.8. The molecule has 5 nitrogen and oxygen atoms in total. The first-order valence-electron chi connectivity index (χ1n) is 7.76. The molecule has 0 fully saturated rings. The van der Waals surface area contributed by atoms with E-state index in [1.807, 2.05) is 36.2 Å². The highest BCUT2D eigenvalue weighted by Gasteiger charge is 2.11. The molecule has 0 aliphatic carbocycles. The lowest BCUT2D eigenvalue weighted by molar-refractivity contribution is -0.114. The Morgan fingerprint density at radius 2 is 1.96 bits per heavy atom. The quantitative estimate of drug-likeness (QED) is 0.752. The molecule has 6 heteroatoms. The highest BCUT2D eigenvalue weighted by atomic mass is 35.5. The number of amides is 1. The number of methoxy groups -OCH3 is 1. The number of halogens is 1. The number of carbonyl (C=O) groups excluding carboxylic acids is 1. The largest absolute Gasteiger partial charge is 0.497 e. The van der Waals surface area contributed by atoms with Crippen LogP contribution in [-0.2, 0) is 4.79 Å². The van der Waals surface area contributed by atoms with Crippen molar-refractivity contribution < 1.29 is 9.53 Å². The fourth-order valence-corrected chi connectivity index (χ4v) is 2.78. The van der Waals surface area contributed by atoms with Crippen LogP contribution in [0.25, 0.3) is 10.9 Å². The van der Waals surface area contributed by atoms with Gasteiger partial charge >= 0.3 is 0 Å². The number of nitrogens with one attached hydrogen (secondary N) is 1. The molecule has 0 unspecified atom stereocenters. The monoisotopic (exact) mass is 355 g/mol. The molecule has 0 atom stereocenters. The third kappa shape index (κ3) is 4.00. The second-order valence-electron chi connectivity index (χ2n) is 5.62. The van der Waals surface area contributed by atoms with Crippen molar-refractivity contribution in [2.75, 3.05) is 30.9 Å². The van der Waals surface area contributed by atoms with E-state index in [1.54, 1.807) is 37.6 Å². The van der Waals surface area contributed by atoms with E-state index in [0.29, 0.717) is 5.02 Å². The normalized spacial score (nSPS) is 10.5. The number of nitrogens with zero attached hydrogens (tertiary/aromatic N) is 2. The fraction of sp³-hybridized carbons (Fsp3) is 0.158. The summed E-state index contributed by atoms with van der Waals surface area (Å²) in [7, 11) is 3.48. The second-order valence-corrected chi connectivity index (χ2v) is 6.06. The topological polar surface area (TPSA) is 54.5 Å². The Balaban J connectivity index is 1.73. The molecule has 1 heterocycles. The first-order chi connectivity index (χ1) is 12.1. The third-order valence-corrected chi connectivity index (χ3v) is 4.08. The number of hydrogen-bond donors (Lipinski definition) is 1. The van der Waals surface area contributed by atoms with E-state index >= 15 is 0 Å². The van der Waals surface area contributed by atoms with E-state index in [9.17, 15) is 4.79 Å². The van der Waals surface area contributed by atoms with Crippen LogP contribution in [0.5, 0.6) is 5.75 Å². The summed E-state index contributed by atoms with van der Waals surface area (Å²) in [6, 6.07) is 14.7. The van der Waals surface area contributed by atoms with Gasteiger partial charge in [-0.25, -0.2) is 0 Å². The predicted molar refractivity (Wildman–Crippen MR) is 102 cm³/mol. The number of anilines is 2. The molecule has 2 aromatic carbocycles. The minimum absolute atomic E-state index is 0.105. The molecule has 1 amide bonds. The minimum atomic E-state index is -0.105. The van der Waals surface area contributed by atoms with E-state index in [2.05, 4.69) is 10.3 Å². The Bertz CT molecular complexity index is 897. The van der Waals surface area contributed by atoms with Crippen LogP contribution in [0.4, 0.5) is 11.4 Å². The lowest BCUT2D eigenvalue weighted by Crippen LogP contribution is -2.30. The SMILES string of the molecule is COc1ccc(NC(=O)CN(C)c2ccnc3cc(Cl)ccc23)cc1. The van der Waals surface area contributed by atoms with Crippen LogP contribution in [0.15, 0.2) is 54.7 Å². The number of likely N-dealkylation sites (N-methyl/N-ethyl adjacent to an activating group) is 1. The summed E-state index contributed by atoms with van der Waals surface area (Å²) in [6.45, 7) is 0.216. The number of pyridine rings is 1. The minimum Gasteiger partial charge on any atom is -0.497 e. The van der Waals surface area contributed by atoms with Gasteiger partial charge in [0, 0.05) is 35.0 Å². The van der Waals surface area contributed by atoms with Gasteiger partial charge in [-0.3, -0.25) is 9.78 Å². The summed E-state index contributed by atoms with van der Waals surface area (Å²) in [5.41, 5.74) is 2.45. The van der Waals surface area contributed by atoms with Gasteiger partial charge in [-0.05, 0) is 48.5 Å². The standard InChI is InChI=1S/C19H18ClN3O2/c1-23(12-19(24)22-14-4-6-15(25-2)7-5-14)18-9-10-21-17-11-13(20)3-8-16(17)18/h3-11H,12H2,1-2H3,(H,22,24). The van der Waals surface area contributed by atoms with Gasteiger partial charge in [0.1, 0.15) is 5.75 Å². The Labute approximate surface area is 151 Å². The average molecular weight is 356 g/mol. The molecular weight excluding hydrogens is 338 g/mol. The molecule has 1 aromatic heterocycles. The number of carbonyl (C=O) groups is 1. The van der Waals surface area contributed by atoms with Crippen LogP contribution in [0.3, 0.4) is 0 Å². The number of benzene rings is 2. The van der Waals surface area contributed by atoms with Crippen molar-refractivity contribution in [3.8, 4) is 5.75 Å². The van der Waals surface area contributed by atoms with Gasteiger partial charge in [0.15, 0.2) is 0 Å². The fourth-order valence-electron chi connectivity index (χ4n) is 2.61. The molecule has 0 aliphatic rings. The molecule has 0 saturated heterocycles. The highest BCUT2D eigenvalue weighted by Crippen LogP contribution is 2.26. The van der Waals surface area contributed by atoms with E-state index in [0.717, 1.165) is 28.0 Å². The summed E-state index contributed by atoms with van der Waals surface area (Å²) in [5, 5.41) is 4.46. The van der Waals surface area contributed by atoms with Crippen LogP contribution in [0.1, 0.15) is 0 Å². The zero-order valence-electron chi connectivity index (χ0n) is 14.0. The first-order valence-corrected chi connectivity index (χ1v) is 8.14. The molecule has 0 spiro atoms. The van der Waals surface area contributed by atoms with Crippen molar-refractivity contribution in [3.63, 3.8) is 0 Å². The van der Waals surface area contributed by atoms with E-state index in [1.165, 1.54) is 0 Å². The molecular formula is C19H18ClN3O2. The summed E-state index contributed by atoms with van der Waals surface area (Å²) in [4.78, 5) is 18.5. The Morgan fingerprint density at radius 1 is 1.20 bits per heavy atom. The summed E-state index contributed by atoms with van der Waals surface area (Å²) < 4.78 is 5.11. The maximum absolute atomic E-state index is 12.3. The van der Waals surface area contributed by atoms with Gasteiger partial charge in [0.25, 0.3) is 0 Å². The highest BCUT2D eigenvalue weighted by molar-refractivity contribution is 6.31. The maximum Gasteiger partial charge on any atom is 0.243 e. The van der Waals surface area contributed by atoms with Crippen molar-refractivity contribution in [2.45, 2.75) is 0 Å². The van der Waals surface area contributed by atoms with Crippen molar-refractivity contribution >= 4 is 39.8 Å². The summed E-state index contributed by atoms with van der Waals surface area (Å²) in [5.74, 6) is 0.642. The van der Waals surface area contributed by atoms with Crippen LogP contribution < -0.4 is 15.0 Å². The van der Waals surface area contributed by atoms with Crippen molar-refractivity contribution in [1.29, 1.82) is 0 Å². The zero-order valence-corrected chi connectivity index (χ0v) is 14.7. The van der Waals surface area contributed by atoms with Gasteiger partial charge in [-0.2, -0.15) is 0 Å². The Hall–Kier alpha value is -2.79. The Morgan fingerprint density at radius 3 is 2.68 bits per heavy atom. The number of ether oxygens (including phenoxy) is 1. The summed E-state index contributed by atoms with van der Waals surface area (Å²) >= 11 is 6.02. The number of fused-ring (bicyclic) bond motifs is 1. The molecule has 0 saturated carbocycles. The van der Waals surface area contributed by atoms with Crippen LogP contribution >= 0.6 is 11.6 Å². The predicted octanol–water partition coefficient (Wildman–Crippen LogP) is 3.97. The van der Waals surface area contributed by atoms with Crippen LogP contribution in [-0.4, -0.2) is 31.6 Å². The smallest absolute Gasteiger partial charge is 0.243 e. The van der Waals surface area contributed by atoms with Crippen molar-refractivity contribution in [1.82, 2.24) is 4.98 Å². The van der Waals surface area contributed by atoms with Gasteiger partial charge in [-0.15, -0.1) is 0 Å². The second kappa shape index (κ2) is 7.40. The number of aromatic nitrogens is 1. The van der Waals surface area contributed by atoms with E-state index in [-0.39, 0.29) is 12.5 Å². The molecule has 128 valence electrons. The number of hydrogen-bond acceptors (Lipinski definition) is 4. The lowest BCUT2D eigenvalue weighted by atomic mass is 10.1. The molecule has 3 rings (SSSR count). The van der Waals surface area contributed by atoms with E-state index < -0.39 is 0 Å². The molecule has 0 bridgehead atoms. The molecule has 25 heavy (non-hydrogen) atoms. The molecule has 0 aliphatic heterocycles. The Kier molecular flexibility index (Phi) is 5.05. The molecule has 1 N–H and O–H groups in total. The van der Waals surface area contributed by atoms with E-state index in [4.69, 9.17) is 16.3 Å². The van der Waals surface area contributed by atoms with Crippen molar-refractivity contribution in [3.05, 3.63) is 59.8 Å². The lowest BCUT2D eigenvalue weighted by Gasteiger charge is -2.20. The van der Waals surface area contributed by atoms with Crippen molar-refractivity contribution in [2.24, 2.45) is 0 Å². The summed E-state index contributed by atoms with van der Waals surface area (Å²) in [6.07, 6.45) is 1.71. The third-order valence-electron chi connectivity index (χ3n) is 3.85. The average Bonchev–Trinajstić information content (AvgIpc) is 2.61. The van der Waals surface area contributed by atoms with Gasteiger partial charge in [-0.1, -0.05) is 11.6 Å².